The average Bonchev–Trinajstić information content (AvgIpc) is 2.85. The number of nitrogens with zero attached hydrogens (tertiary/aromatic N) is 5. The van der Waals surface area contributed by atoms with Crippen molar-refractivity contribution in [3.05, 3.63) is 40.9 Å². The molecule has 1 aromatic heterocycles. The molecular weight excluding hydrogens is 250 g/mol. The maximum Gasteiger partial charge on any atom is 0.152 e. The predicted molar refractivity (Wildman–Crippen MR) is 67.2 cm³/mol. The quantitative estimate of drug-likeness (QED) is 0.784. The first-order valence-corrected chi connectivity index (χ1v) is 5.97. The Morgan fingerprint density at radius 2 is 2.22 bits per heavy atom. The molecule has 5 nitrogen and oxygen atoms in total. The van der Waals surface area contributed by atoms with Gasteiger partial charge in [0, 0.05) is 13.1 Å². The van der Waals surface area contributed by atoms with Crippen LogP contribution in [-0.2, 0) is 13.1 Å². The topological polar surface area (TPSA) is 57.7 Å². The third-order valence-corrected chi connectivity index (χ3v) is 3.36. The van der Waals surface area contributed by atoms with Crippen molar-refractivity contribution in [3.8, 4) is 6.07 Å². The molecule has 3 rings (SSSR count). The summed E-state index contributed by atoms with van der Waals surface area (Å²) in [6.07, 6.45) is 1.74. The van der Waals surface area contributed by atoms with Gasteiger partial charge in [0.2, 0.25) is 0 Å². The highest BCUT2D eigenvalue weighted by Gasteiger charge is 2.19. The van der Waals surface area contributed by atoms with Crippen molar-refractivity contribution in [1.29, 1.82) is 5.26 Å². The lowest BCUT2D eigenvalue weighted by molar-refractivity contribution is 0.560. The molecule has 0 spiro atoms. The first-order valence-electron chi connectivity index (χ1n) is 5.59. The minimum absolute atomic E-state index is 0.573. The Morgan fingerprint density at radius 1 is 1.33 bits per heavy atom. The molecule has 18 heavy (non-hydrogen) atoms. The normalized spacial score (nSPS) is 14.1. The van der Waals surface area contributed by atoms with Gasteiger partial charge in [-0.05, 0) is 18.2 Å². The molecule has 2 heterocycles. The molecule has 6 heteroatoms. The van der Waals surface area contributed by atoms with Gasteiger partial charge >= 0.3 is 0 Å². The summed E-state index contributed by atoms with van der Waals surface area (Å²) in [6.45, 7) is 2.39. The number of anilines is 1. The molecule has 0 fully saturated rings. The lowest BCUT2D eigenvalue weighted by Gasteiger charge is -2.29. The fourth-order valence-electron chi connectivity index (χ4n) is 2.10. The second-order valence-corrected chi connectivity index (χ2v) is 4.55. The van der Waals surface area contributed by atoms with Crippen LogP contribution in [0.5, 0.6) is 0 Å². The number of fused-ring (bicyclic) bond motifs is 1. The maximum absolute atomic E-state index is 8.82. The Labute approximate surface area is 109 Å². The van der Waals surface area contributed by atoms with Crippen molar-refractivity contribution in [2.24, 2.45) is 0 Å². The number of benzene rings is 1. The van der Waals surface area contributed by atoms with Crippen molar-refractivity contribution < 1.29 is 0 Å². The van der Waals surface area contributed by atoms with Gasteiger partial charge in [0.25, 0.3) is 0 Å². The fraction of sp³-hybridized carbons (Fsp3) is 0.250. The van der Waals surface area contributed by atoms with Crippen LogP contribution in [0.25, 0.3) is 0 Å². The summed E-state index contributed by atoms with van der Waals surface area (Å²) in [4.78, 5) is 2.15. The average molecular weight is 260 g/mol. The molecule has 0 bridgehead atoms. The van der Waals surface area contributed by atoms with Gasteiger partial charge in [-0.15, -0.1) is 10.2 Å². The predicted octanol–water partition coefficient (Wildman–Crippen LogP) is 1.82. The van der Waals surface area contributed by atoms with E-state index in [1.807, 2.05) is 10.6 Å². The van der Waals surface area contributed by atoms with E-state index in [-0.39, 0.29) is 0 Å². The molecule has 0 amide bonds. The van der Waals surface area contributed by atoms with E-state index < -0.39 is 0 Å². The SMILES string of the molecule is N#Cc1ccc(N2CCn3cnnc3C2)c(Cl)c1. The summed E-state index contributed by atoms with van der Waals surface area (Å²) < 4.78 is 2.04. The summed E-state index contributed by atoms with van der Waals surface area (Å²) in [5.41, 5.74) is 1.51. The summed E-state index contributed by atoms with van der Waals surface area (Å²) in [5.74, 6) is 0.932. The molecule has 1 aliphatic heterocycles. The van der Waals surface area contributed by atoms with Gasteiger partial charge in [0.1, 0.15) is 6.33 Å². The zero-order valence-corrected chi connectivity index (χ0v) is 10.3. The molecule has 0 unspecified atom stereocenters. The third kappa shape index (κ3) is 1.81. The molecule has 0 saturated carbocycles. The number of aromatic nitrogens is 3. The van der Waals surface area contributed by atoms with Crippen molar-refractivity contribution in [2.45, 2.75) is 13.1 Å². The van der Waals surface area contributed by atoms with Gasteiger partial charge in [0.05, 0.1) is 28.9 Å². The third-order valence-electron chi connectivity index (χ3n) is 3.06. The van der Waals surface area contributed by atoms with Gasteiger partial charge in [-0.25, -0.2) is 0 Å². The smallest absolute Gasteiger partial charge is 0.152 e. The Kier molecular flexibility index (Phi) is 2.65. The van der Waals surface area contributed by atoms with Gasteiger partial charge in [-0.2, -0.15) is 5.26 Å². The van der Waals surface area contributed by atoms with E-state index in [1.165, 1.54) is 0 Å². The molecule has 1 aliphatic rings. The van der Waals surface area contributed by atoms with E-state index in [2.05, 4.69) is 21.2 Å². The highest BCUT2D eigenvalue weighted by molar-refractivity contribution is 6.33. The van der Waals surface area contributed by atoms with E-state index in [4.69, 9.17) is 16.9 Å². The first kappa shape index (κ1) is 11.1. The van der Waals surface area contributed by atoms with Crippen LogP contribution in [0.15, 0.2) is 24.5 Å². The van der Waals surface area contributed by atoms with Crippen LogP contribution in [-0.4, -0.2) is 21.3 Å². The molecule has 0 aliphatic carbocycles. The van der Waals surface area contributed by atoms with Gasteiger partial charge in [-0.1, -0.05) is 11.6 Å². The van der Waals surface area contributed by atoms with Crippen LogP contribution in [0, 0.1) is 11.3 Å². The van der Waals surface area contributed by atoms with Crippen LogP contribution in [0.2, 0.25) is 5.02 Å². The number of halogens is 1. The summed E-state index contributed by atoms with van der Waals surface area (Å²) in [6, 6.07) is 7.43. The standard InChI is InChI=1S/C12H10ClN5/c13-10-5-9(6-14)1-2-11(10)17-3-4-18-8-15-16-12(18)7-17/h1-2,5,8H,3-4,7H2. The van der Waals surface area contributed by atoms with Crippen LogP contribution in [0.1, 0.15) is 11.4 Å². The lowest BCUT2D eigenvalue weighted by Crippen LogP contribution is -2.33. The summed E-state index contributed by atoms with van der Waals surface area (Å²) in [7, 11) is 0. The molecule has 90 valence electrons. The van der Waals surface area contributed by atoms with E-state index >= 15 is 0 Å². The Bertz CT molecular complexity index is 628. The van der Waals surface area contributed by atoms with Gasteiger partial charge in [-0.3, -0.25) is 0 Å². The Balaban J connectivity index is 1.91. The Hall–Kier alpha value is -2.06. The van der Waals surface area contributed by atoms with Crippen molar-refractivity contribution in [2.75, 3.05) is 11.4 Å². The molecule has 1 aromatic carbocycles. The van der Waals surface area contributed by atoms with Crippen LogP contribution >= 0.6 is 11.6 Å². The van der Waals surface area contributed by atoms with Gasteiger partial charge < -0.3 is 9.47 Å². The number of nitriles is 1. The monoisotopic (exact) mass is 259 g/mol. The number of rotatable bonds is 1. The van der Waals surface area contributed by atoms with E-state index in [1.54, 1.807) is 18.5 Å². The van der Waals surface area contributed by atoms with Crippen molar-refractivity contribution >= 4 is 17.3 Å². The molecular formula is C12H10ClN5. The second-order valence-electron chi connectivity index (χ2n) is 4.14. The number of hydrogen-bond donors (Lipinski definition) is 0. The molecule has 0 atom stereocenters. The number of hydrogen-bond acceptors (Lipinski definition) is 4. The first-order chi connectivity index (χ1) is 8.78. The molecule has 2 aromatic rings. The summed E-state index contributed by atoms with van der Waals surface area (Å²) in [5, 5.41) is 17.4. The minimum atomic E-state index is 0.573. The van der Waals surface area contributed by atoms with Crippen LogP contribution in [0.4, 0.5) is 5.69 Å². The lowest BCUT2D eigenvalue weighted by atomic mass is 10.2. The van der Waals surface area contributed by atoms with Gasteiger partial charge in [0.15, 0.2) is 5.82 Å². The van der Waals surface area contributed by atoms with E-state index in [9.17, 15) is 0 Å². The molecule has 0 radical (unpaired) electrons. The largest absolute Gasteiger partial charge is 0.361 e. The second kappa shape index (κ2) is 4.31. The highest BCUT2D eigenvalue weighted by Crippen LogP contribution is 2.29. The fourth-order valence-corrected chi connectivity index (χ4v) is 2.40. The maximum atomic E-state index is 8.82. The van der Waals surface area contributed by atoms with Crippen LogP contribution in [0.3, 0.4) is 0 Å². The van der Waals surface area contributed by atoms with Crippen molar-refractivity contribution in [3.63, 3.8) is 0 Å². The zero-order chi connectivity index (χ0) is 12.5. The molecule has 0 saturated heterocycles. The van der Waals surface area contributed by atoms with E-state index in [0.29, 0.717) is 17.1 Å². The van der Waals surface area contributed by atoms with Crippen LogP contribution < -0.4 is 4.90 Å². The highest BCUT2D eigenvalue weighted by atomic mass is 35.5. The Morgan fingerprint density at radius 3 is 3.00 bits per heavy atom. The van der Waals surface area contributed by atoms with E-state index in [0.717, 1.165) is 24.6 Å². The zero-order valence-electron chi connectivity index (χ0n) is 9.54. The van der Waals surface area contributed by atoms with Crippen molar-refractivity contribution in [1.82, 2.24) is 14.8 Å². The molecule has 0 N–H and O–H groups in total. The summed E-state index contributed by atoms with van der Waals surface area (Å²) >= 11 is 6.21. The minimum Gasteiger partial charge on any atom is -0.361 e.